The number of aryl methyl sites for hydroxylation is 2. The number of benzene rings is 1. The van der Waals surface area contributed by atoms with E-state index in [0.29, 0.717) is 13.2 Å². The molecule has 29 heavy (non-hydrogen) atoms. The molecule has 0 saturated carbocycles. The monoisotopic (exact) mass is 414 g/mol. The molecule has 2 saturated heterocycles. The van der Waals surface area contributed by atoms with Gasteiger partial charge in [0.1, 0.15) is 6.10 Å². The van der Waals surface area contributed by atoms with Crippen molar-refractivity contribution in [3.05, 3.63) is 52.0 Å². The third-order valence-electron chi connectivity index (χ3n) is 5.48. The molecule has 7 heteroatoms. The zero-order valence-electron chi connectivity index (χ0n) is 17.0. The second-order valence-electron chi connectivity index (χ2n) is 7.53. The highest BCUT2D eigenvalue weighted by Gasteiger charge is 2.32. The first-order chi connectivity index (χ1) is 14.3. The molecule has 1 aromatic carbocycles. The molecule has 1 N–H and O–H groups in total. The zero-order chi connectivity index (χ0) is 19.9. The van der Waals surface area contributed by atoms with Crippen LogP contribution in [0.4, 0.5) is 0 Å². The number of morpholine rings is 1. The average molecular weight is 415 g/mol. The van der Waals surface area contributed by atoms with Crippen molar-refractivity contribution < 1.29 is 9.47 Å². The summed E-state index contributed by atoms with van der Waals surface area (Å²) in [5, 5.41) is 6.81. The summed E-state index contributed by atoms with van der Waals surface area (Å²) in [5.74, 6) is 0.912. The van der Waals surface area contributed by atoms with Crippen molar-refractivity contribution in [1.29, 1.82) is 0 Å². The van der Waals surface area contributed by atoms with Crippen molar-refractivity contribution in [2.75, 3.05) is 33.4 Å². The fourth-order valence-corrected chi connectivity index (χ4v) is 4.73. The number of rotatable bonds is 6. The summed E-state index contributed by atoms with van der Waals surface area (Å²) in [5.41, 5.74) is 2.43. The van der Waals surface area contributed by atoms with E-state index in [9.17, 15) is 0 Å². The van der Waals surface area contributed by atoms with E-state index in [1.807, 2.05) is 7.05 Å². The predicted molar refractivity (Wildman–Crippen MR) is 116 cm³/mol. The Balaban J connectivity index is 1.27. The van der Waals surface area contributed by atoms with Gasteiger partial charge in [-0.2, -0.15) is 0 Å². The van der Waals surface area contributed by atoms with Gasteiger partial charge in [-0.1, -0.05) is 30.3 Å². The minimum absolute atomic E-state index is 0.133. The van der Waals surface area contributed by atoms with Crippen LogP contribution in [0.2, 0.25) is 0 Å². The second kappa shape index (κ2) is 10.2. The Hall–Kier alpha value is -1.96. The lowest BCUT2D eigenvalue weighted by molar-refractivity contribution is -0.0817. The third-order valence-corrected chi connectivity index (χ3v) is 6.44. The maximum absolute atomic E-state index is 5.96. The van der Waals surface area contributed by atoms with Gasteiger partial charge in [0.15, 0.2) is 5.96 Å². The summed E-state index contributed by atoms with van der Waals surface area (Å²) in [7, 11) is 1.84. The van der Waals surface area contributed by atoms with Crippen LogP contribution in [0, 0.1) is 0 Å². The molecule has 0 radical (unpaired) electrons. The first kappa shape index (κ1) is 20.3. The molecule has 2 aromatic rings. The first-order valence-electron chi connectivity index (χ1n) is 10.5. The van der Waals surface area contributed by atoms with E-state index in [1.54, 1.807) is 11.3 Å². The quantitative estimate of drug-likeness (QED) is 0.582. The number of hydrogen-bond donors (Lipinski definition) is 1. The Kier molecular flexibility index (Phi) is 7.14. The Morgan fingerprint density at radius 2 is 2.07 bits per heavy atom. The molecule has 0 aliphatic carbocycles. The van der Waals surface area contributed by atoms with E-state index in [0.717, 1.165) is 57.0 Å². The van der Waals surface area contributed by atoms with Gasteiger partial charge >= 0.3 is 0 Å². The SMILES string of the molecule is CN=C(NCc1csc(CCc2ccccc2)n1)N1CCOC(C2CCCO2)C1. The van der Waals surface area contributed by atoms with E-state index < -0.39 is 0 Å². The van der Waals surface area contributed by atoms with Crippen molar-refractivity contribution >= 4 is 17.3 Å². The summed E-state index contributed by atoms with van der Waals surface area (Å²) in [6, 6.07) is 10.6. The van der Waals surface area contributed by atoms with Crippen LogP contribution in [0.1, 0.15) is 29.1 Å². The molecule has 0 spiro atoms. The van der Waals surface area contributed by atoms with Gasteiger partial charge in [0.05, 0.1) is 30.0 Å². The van der Waals surface area contributed by atoms with E-state index in [4.69, 9.17) is 14.5 Å². The van der Waals surface area contributed by atoms with Gasteiger partial charge in [-0.25, -0.2) is 4.98 Å². The number of ether oxygens (including phenoxy) is 2. The Morgan fingerprint density at radius 1 is 1.21 bits per heavy atom. The van der Waals surface area contributed by atoms with E-state index in [-0.39, 0.29) is 12.2 Å². The number of aromatic nitrogens is 1. The second-order valence-corrected chi connectivity index (χ2v) is 8.47. The number of guanidine groups is 1. The fraction of sp³-hybridized carbons (Fsp3) is 0.545. The molecule has 2 unspecified atom stereocenters. The number of thiazole rings is 1. The molecule has 6 nitrogen and oxygen atoms in total. The fourth-order valence-electron chi connectivity index (χ4n) is 3.93. The normalized spacial score (nSPS) is 22.8. The number of hydrogen-bond acceptors (Lipinski definition) is 5. The van der Waals surface area contributed by atoms with Crippen LogP contribution in [0.15, 0.2) is 40.7 Å². The van der Waals surface area contributed by atoms with Gasteiger partial charge in [0, 0.05) is 38.5 Å². The van der Waals surface area contributed by atoms with E-state index >= 15 is 0 Å². The maximum Gasteiger partial charge on any atom is 0.194 e. The van der Waals surface area contributed by atoms with E-state index in [2.05, 4.69) is 50.9 Å². The molecule has 0 bridgehead atoms. The summed E-state index contributed by atoms with van der Waals surface area (Å²) in [6.07, 6.45) is 4.59. The van der Waals surface area contributed by atoms with Crippen molar-refractivity contribution in [1.82, 2.24) is 15.2 Å². The van der Waals surface area contributed by atoms with Crippen molar-refractivity contribution in [3.8, 4) is 0 Å². The molecule has 2 aliphatic heterocycles. The molecule has 2 aliphatic rings. The third kappa shape index (κ3) is 5.56. The van der Waals surface area contributed by atoms with Crippen LogP contribution in [0.25, 0.3) is 0 Å². The van der Waals surface area contributed by atoms with Crippen molar-refractivity contribution in [2.45, 2.75) is 44.4 Å². The lowest BCUT2D eigenvalue weighted by atomic mass is 10.1. The summed E-state index contributed by atoms with van der Waals surface area (Å²) >= 11 is 1.74. The summed E-state index contributed by atoms with van der Waals surface area (Å²) < 4.78 is 11.8. The molecule has 3 heterocycles. The Bertz CT molecular complexity index is 789. The molecule has 2 fully saturated rings. The molecule has 156 valence electrons. The molecule has 0 amide bonds. The van der Waals surface area contributed by atoms with Crippen LogP contribution in [-0.2, 0) is 28.9 Å². The average Bonchev–Trinajstić information content (AvgIpc) is 3.46. The largest absolute Gasteiger partial charge is 0.375 e. The lowest BCUT2D eigenvalue weighted by Crippen LogP contribution is -2.53. The predicted octanol–water partition coefficient (Wildman–Crippen LogP) is 2.88. The molecular formula is C22H30N4O2S. The summed E-state index contributed by atoms with van der Waals surface area (Å²) in [6.45, 7) is 3.93. The Labute approximate surface area is 177 Å². The number of aliphatic imine (C=N–C) groups is 1. The van der Waals surface area contributed by atoms with Gasteiger partial charge in [0.2, 0.25) is 0 Å². The molecular weight excluding hydrogens is 384 g/mol. The topological polar surface area (TPSA) is 59.0 Å². The van der Waals surface area contributed by atoms with Crippen LogP contribution < -0.4 is 5.32 Å². The van der Waals surface area contributed by atoms with Gasteiger partial charge in [0.25, 0.3) is 0 Å². The highest BCUT2D eigenvalue weighted by atomic mass is 32.1. The standard InChI is InChI=1S/C22H30N4O2S/c1-23-22(26-11-13-28-20(15-26)19-8-5-12-27-19)24-14-18-16-29-21(25-18)10-9-17-6-3-2-4-7-17/h2-4,6-7,16,19-20H,5,8-15H2,1H3,(H,23,24). The van der Waals surface area contributed by atoms with Crippen molar-refractivity contribution in [3.63, 3.8) is 0 Å². The minimum atomic E-state index is 0.133. The van der Waals surface area contributed by atoms with Crippen molar-refractivity contribution in [2.24, 2.45) is 4.99 Å². The minimum Gasteiger partial charge on any atom is -0.375 e. The number of nitrogens with zero attached hydrogens (tertiary/aromatic N) is 3. The van der Waals surface area contributed by atoms with Gasteiger partial charge < -0.3 is 19.7 Å². The van der Waals surface area contributed by atoms with Crippen LogP contribution in [0.5, 0.6) is 0 Å². The lowest BCUT2D eigenvalue weighted by Gasteiger charge is -2.37. The highest BCUT2D eigenvalue weighted by Crippen LogP contribution is 2.21. The highest BCUT2D eigenvalue weighted by molar-refractivity contribution is 7.09. The summed E-state index contributed by atoms with van der Waals surface area (Å²) in [4.78, 5) is 11.6. The molecule has 1 aromatic heterocycles. The van der Waals surface area contributed by atoms with Crippen LogP contribution in [0.3, 0.4) is 0 Å². The van der Waals surface area contributed by atoms with E-state index in [1.165, 1.54) is 10.6 Å². The zero-order valence-corrected chi connectivity index (χ0v) is 17.9. The molecule has 2 atom stereocenters. The smallest absolute Gasteiger partial charge is 0.194 e. The maximum atomic E-state index is 5.96. The van der Waals surface area contributed by atoms with Crippen LogP contribution >= 0.6 is 11.3 Å². The van der Waals surface area contributed by atoms with Gasteiger partial charge in [-0.3, -0.25) is 4.99 Å². The number of nitrogens with one attached hydrogen (secondary N) is 1. The first-order valence-corrected chi connectivity index (χ1v) is 11.4. The van der Waals surface area contributed by atoms with Gasteiger partial charge in [-0.05, 0) is 24.8 Å². The van der Waals surface area contributed by atoms with Crippen LogP contribution in [-0.4, -0.2) is 61.4 Å². The van der Waals surface area contributed by atoms with Gasteiger partial charge in [-0.15, -0.1) is 11.3 Å². The Morgan fingerprint density at radius 3 is 2.86 bits per heavy atom. The molecule has 4 rings (SSSR count).